The molecule has 0 aliphatic heterocycles. The van der Waals surface area contributed by atoms with E-state index in [-0.39, 0.29) is 12.5 Å². The first kappa shape index (κ1) is 15.9. The first-order chi connectivity index (χ1) is 10.6. The summed E-state index contributed by atoms with van der Waals surface area (Å²) < 4.78 is 4.70. The van der Waals surface area contributed by atoms with Gasteiger partial charge in [0.05, 0.1) is 19.2 Å². The molecule has 0 aliphatic carbocycles. The van der Waals surface area contributed by atoms with Crippen molar-refractivity contribution in [2.24, 2.45) is 0 Å². The molecule has 6 heteroatoms. The number of rotatable bonds is 5. The molecule has 22 heavy (non-hydrogen) atoms. The van der Waals surface area contributed by atoms with Gasteiger partial charge in [0.25, 0.3) is 0 Å². The fourth-order valence-electron chi connectivity index (χ4n) is 1.84. The van der Waals surface area contributed by atoms with Crippen LogP contribution in [0, 0.1) is 0 Å². The van der Waals surface area contributed by atoms with Crippen molar-refractivity contribution in [2.75, 3.05) is 24.3 Å². The van der Waals surface area contributed by atoms with E-state index in [1.807, 2.05) is 0 Å². The summed E-state index contributed by atoms with van der Waals surface area (Å²) >= 11 is 5.78. The zero-order valence-electron chi connectivity index (χ0n) is 11.9. The van der Waals surface area contributed by atoms with Crippen LogP contribution < -0.4 is 10.6 Å². The van der Waals surface area contributed by atoms with E-state index in [1.165, 1.54) is 7.11 Å². The highest BCUT2D eigenvalue weighted by molar-refractivity contribution is 6.30. The maximum absolute atomic E-state index is 11.9. The molecule has 5 nitrogen and oxygen atoms in total. The molecule has 0 atom stereocenters. The lowest BCUT2D eigenvalue weighted by Crippen LogP contribution is -2.22. The highest BCUT2D eigenvalue weighted by atomic mass is 35.5. The van der Waals surface area contributed by atoms with Gasteiger partial charge < -0.3 is 15.4 Å². The molecule has 0 spiro atoms. The Morgan fingerprint density at radius 2 is 1.77 bits per heavy atom. The van der Waals surface area contributed by atoms with E-state index in [1.54, 1.807) is 48.5 Å². The van der Waals surface area contributed by atoms with Crippen LogP contribution in [0.1, 0.15) is 10.4 Å². The van der Waals surface area contributed by atoms with Crippen LogP contribution in [0.25, 0.3) is 0 Å². The summed E-state index contributed by atoms with van der Waals surface area (Å²) in [6.45, 7) is 0.0244. The van der Waals surface area contributed by atoms with Gasteiger partial charge in [-0.15, -0.1) is 0 Å². The molecular formula is C16H15ClN2O3. The van der Waals surface area contributed by atoms with E-state index >= 15 is 0 Å². The number of para-hydroxylation sites is 1. The number of anilines is 2. The molecule has 0 aromatic heterocycles. The number of esters is 1. The van der Waals surface area contributed by atoms with E-state index in [9.17, 15) is 9.59 Å². The molecule has 0 aliphatic rings. The molecule has 0 radical (unpaired) electrons. The van der Waals surface area contributed by atoms with Gasteiger partial charge in [-0.25, -0.2) is 4.79 Å². The van der Waals surface area contributed by atoms with Crippen LogP contribution in [0.2, 0.25) is 5.02 Å². The van der Waals surface area contributed by atoms with Crippen LogP contribution >= 0.6 is 11.6 Å². The molecule has 0 saturated heterocycles. The molecule has 2 rings (SSSR count). The third-order valence-corrected chi connectivity index (χ3v) is 3.15. The number of hydrogen-bond acceptors (Lipinski definition) is 4. The zero-order valence-corrected chi connectivity index (χ0v) is 12.7. The Balaban J connectivity index is 1.96. The third-order valence-electron chi connectivity index (χ3n) is 2.90. The van der Waals surface area contributed by atoms with Crippen molar-refractivity contribution in [3.63, 3.8) is 0 Å². The van der Waals surface area contributed by atoms with E-state index in [0.717, 1.165) is 0 Å². The number of hydrogen-bond donors (Lipinski definition) is 2. The molecular weight excluding hydrogens is 304 g/mol. The molecule has 0 saturated carbocycles. The first-order valence-electron chi connectivity index (χ1n) is 6.57. The number of carbonyl (C=O) groups is 2. The second kappa shape index (κ2) is 7.47. The topological polar surface area (TPSA) is 67.4 Å². The van der Waals surface area contributed by atoms with Gasteiger partial charge in [-0.1, -0.05) is 23.7 Å². The number of ether oxygens (including phenoxy) is 1. The molecule has 0 unspecified atom stereocenters. The second-order valence-electron chi connectivity index (χ2n) is 4.45. The van der Waals surface area contributed by atoms with Gasteiger partial charge in [0.2, 0.25) is 5.91 Å². The molecule has 114 valence electrons. The van der Waals surface area contributed by atoms with Gasteiger partial charge in [0, 0.05) is 16.4 Å². The van der Waals surface area contributed by atoms with Crippen LogP contribution in [-0.4, -0.2) is 25.5 Å². The lowest BCUT2D eigenvalue weighted by atomic mass is 10.2. The summed E-state index contributed by atoms with van der Waals surface area (Å²) in [5.41, 5.74) is 1.57. The second-order valence-corrected chi connectivity index (χ2v) is 4.88. The summed E-state index contributed by atoms with van der Waals surface area (Å²) in [6, 6.07) is 13.6. The average Bonchev–Trinajstić information content (AvgIpc) is 2.54. The van der Waals surface area contributed by atoms with Gasteiger partial charge in [0.15, 0.2) is 0 Å². The summed E-state index contributed by atoms with van der Waals surface area (Å²) in [6.07, 6.45) is 0. The molecule has 1 amide bonds. The van der Waals surface area contributed by atoms with Crippen molar-refractivity contribution in [3.8, 4) is 0 Å². The van der Waals surface area contributed by atoms with Crippen LogP contribution in [0.15, 0.2) is 48.5 Å². The maximum Gasteiger partial charge on any atom is 0.339 e. The van der Waals surface area contributed by atoms with E-state index in [2.05, 4.69) is 10.6 Å². The lowest BCUT2D eigenvalue weighted by Gasteiger charge is -2.11. The number of halogens is 1. The molecule has 2 N–H and O–H groups in total. The van der Waals surface area contributed by atoms with Crippen molar-refractivity contribution in [1.82, 2.24) is 0 Å². The number of amides is 1. The largest absolute Gasteiger partial charge is 0.465 e. The Labute approximate surface area is 133 Å². The fourth-order valence-corrected chi connectivity index (χ4v) is 1.97. The van der Waals surface area contributed by atoms with Gasteiger partial charge in [-0.3, -0.25) is 4.79 Å². The minimum atomic E-state index is -0.457. The minimum Gasteiger partial charge on any atom is -0.465 e. The van der Waals surface area contributed by atoms with Crippen molar-refractivity contribution < 1.29 is 14.3 Å². The molecule has 2 aromatic carbocycles. The highest BCUT2D eigenvalue weighted by Gasteiger charge is 2.11. The van der Waals surface area contributed by atoms with Crippen molar-refractivity contribution >= 4 is 34.9 Å². The van der Waals surface area contributed by atoms with Crippen molar-refractivity contribution in [2.45, 2.75) is 0 Å². The predicted molar refractivity (Wildman–Crippen MR) is 86.4 cm³/mol. The van der Waals surface area contributed by atoms with Gasteiger partial charge >= 0.3 is 5.97 Å². The standard InChI is InChI=1S/C16H15ClN2O3/c1-22-16(21)13-4-2-3-5-14(13)18-10-15(20)19-12-8-6-11(17)7-9-12/h2-9,18H,10H2,1H3,(H,19,20). The van der Waals surface area contributed by atoms with E-state index < -0.39 is 5.97 Å². The quantitative estimate of drug-likeness (QED) is 0.831. The smallest absolute Gasteiger partial charge is 0.339 e. The van der Waals surface area contributed by atoms with Gasteiger partial charge in [-0.05, 0) is 36.4 Å². The summed E-state index contributed by atoms with van der Waals surface area (Å²) in [4.78, 5) is 23.5. The van der Waals surface area contributed by atoms with Crippen LogP contribution in [0.4, 0.5) is 11.4 Å². The Hall–Kier alpha value is -2.53. The van der Waals surface area contributed by atoms with E-state index in [4.69, 9.17) is 16.3 Å². The zero-order chi connectivity index (χ0) is 15.9. The van der Waals surface area contributed by atoms with E-state index in [0.29, 0.717) is 22.0 Å². The Bertz CT molecular complexity index is 671. The summed E-state index contributed by atoms with van der Waals surface area (Å²) in [7, 11) is 1.31. The molecule has 2 aromatic rings. The van der Waals surface area contributed by atoms with Gasteiger partial charge in [-0.2, -0.15) is 0 Å². The summed E-state index contributed by atoms with van der Waals surface area (Å²) in [5, 5.41) is 6.25. The molecule has 0 fully saturated rings. The third kappa shape index (κ3) is 4.23. The van der Waals surface area contributed by atoms with Crippen LogP contribution in [0.5, 0.6) is 0 Å². The average molecular weight is 319 g/mol. The SMILES string of the molecule is COC(=O)c1ccccc1NCC(=O)Nc1ccc(Cl)cc1. The minimum absolute atomic E-state index is 0.0244. The fraction of sp³-hybridized carbons (Fsp3) is 0.125. The van der Waals surface area contributed by atoms with Crippen molar-refractivity contribution in [1.29, 1.82) is 0 Å². The first-order valence-corrected chi connectivity index (χ1v) is 6.94. The normalized spacial score (nSPS) is 9.91. The highest BCUT2D eigenvalue weighted by Crippen LogP contribution is 2.16. The monoisotopic (exact) mass is 318 g/mol. The summed E-state index contributed by atoms with van der Waals surface area (Å²) in [5.74, 6) is -0.691. The Morgan fingerprint density at radius 1 is 1.09 bits per heavy atom. The van der Waals surface area contributed by atoms with Gasteiger partial charge in [0.1, 0.15) is 0 Å². The van der Waals surface area contributed by atoms with Crippen molar-refractivity contribution in [3.05, 3.63) is 59.1 Å². The molecule has 0 heterocycles. The maximum atomic E-state index is 11.9. The number of methoxy groups -OCH3 is 1. The Morgan fingerprint density at radius 3 is 2.45 bits per heavy atom. The lowest BCUT2D eigenvalue weighted by molar-refractivity contribution is -0.114. The van der Waals surface area contributed by atoms with Crippen LogP contribution in [0.3, 0.4) is 0 Å². The number of carbonyl (C=O) groups excluding carboxylic acids is 2. The van der Waals surface area contributed by atoms with Crippen LogP contribution in [-0.2, 0) is 9.53 Å². The predicted octanol–water partition coefficient (Wildman–Crippen LogP) is 3.18. The Kier molecular flexibility index (Phi) is 5.38. The number of nitrogens with one attached hydrogen (secondary N) is 2. The number of benzene rings is 2. The molecule has 0 bridgehead atoms.